The van der Waals surface area contributed by atoms with Gasteiger partial charge in [-0.2, -0.15) is 0 Å². The van der Waals surface area contributed by atoms with Crippen LogP contribution in [-0.4, -0.2) is 17.0 Å². The molecule has 0 aromatic rings. The van der Waals surface area contributed by atoms with Gasteiger partial charge in [-0.3, -0.25) is 4.79 Å². The van der Waals surface area contributed by atoms with Gasteiger partial charge in [0.15, 0.2) is 5.78 Å². The zero-order valence-electron chi connectivity index (χ0n) is 7.26. The Morgan fingerprint density at radius 1 is 1.55 bits per heavy atom. The number of carbonyl (C=O) groups is 1. The van der Waals surface area contributed by atoms with E-state index in [0.717, 1.165) is 6.42 Å². The lowest BCUT2D eigenvalue weighted by molar-refractivity contribution is -0.116. The molecule has 0 saturated carbocycles. The van der Waals surface area contributed by atoms with Gasteiger partial charge in [0, 0.05) is 12.0 Å². The fourth-order valence-corrected chi connectivity index (χ4v) is 0.861. The van der Waals surface area contributed by atoms with E-state index in [1.807, 2.05) is 6.92 Å². The molecule has 0 aromatic heterocycles. The maximum atomic E-state index is 11.0. The zero-order valence-corrected chi connectivity index (χ0v) is 7.26. The van der Waals surface area contributed by atoms with E-state index in [0.29, 0.717) is 18.4 Å². The molecular formula is C9H16O2. The lowest BCUT2D eigenvalue weighted by atomic mass is 10.0. The molecule has 0 radical (unpaired) electrons. The average Bonchev–Trinajstić information content (AvgIpc) is 2.02. The molecule has 0 aromatic carbocycles. The molecule has 11 heavy (non-hydrogen) atoms. The Labute approximate surface area is 67.9 Å². The number of aliphatic hydroxyl groups is 1. The van der Waals surface area contributed by atoms with Crippen LogP contribution in [0.15, 0.2) is 12.2 Å². The smallest absolute Gasteiger partial charge is 0.160 e. The summed E-state index contributed by atoms with van der Waals surface area (Å²) in [5.41, 5.74) is 0.356. The van der Waals surface area contributed by atoms with Crippen molar-refractivity contribution in [1.29, 1.82) is 0 Å². The van der Waals surface area contributed by atoms with Gasteiger partial charge < -0.3 is 5.11 Å². The van der Waals surface area contributed by atoms with Crippen molar-refractivity contribution >= 4 is 5.78 Å². The number of carbonyl (C=O) groups excluding carboxylic acids is 1. The third kappa shape index (κ3) is 3.33. The first-order valence-electron chi connectivity index (χ1n) is 4.03. The Hall–Kier alpha value is -0.630. The monoisotopic (exact) mass is 156 g/mol. The quantitative estimate of drug-likeness (QED) is 0.615. The van der Waals surface area contributed by atoms with Crippen molar-refractivity contribution in [2.75, 3.05) is 0 Å². The Morgan fingerprint density at radius 3 is 2.45 bits per heavy atom. The predicted octanol–water partition coefficient (Wildman–Crippen LogP) is 1.68. The highest BCUT2D eigenvalue weighted by atomic mass is 16.3. The van der Waals surface area contributed by atoms with Crippen LogP contribution in [0, 0.1) is 0 Å². The number of Topliss-reactive ketones (excluding diaryl/α,β-unsaturated/α-hetero) is 1. The molecule has 0 rings (SSSR count). The zero-order chi connectivity index (χ0) is 8.85. The Balaban J connectivity index is 3.91. The summed E-state index contributed by atoms with van der Waals surface area (Å²) < 4.78 is 0. The molecular weight excluding hydrogens is 140 g/mol. The molecule has 1 N–H and O–H groups in total. The average molecular weight is 156 g/mol. The van der Waals surface area contributed by atoms with E-state index in [-0.39, 0.29) is 5.78 Å². The molecule has 0 heterocycles. The SMILES string of the molecule is C=C(C(=O)CC)C(O)CCC. The molecule has 0 aliphatic carbocycles. The van der Waals surface area contributed by atoms with Gasteiger partial charge in [-0.05, 0) is 6.42 Å². The van der Waals surface area contributed by atoms with Gasteiger partial charge >= 0.3 is 0 Å². The van der Waals surface area contributed by atoms with Gasteiger partial charge in [-0.15, -0.1) is 0 Å². The summed E-state index contributed by atoms with van der Waals surface area (Å²) in [6.45, 7) is 7.28. The van der Waals surface area contributed by atoms with E-state index in [9.17, 15) is 9.90 Å². The highest BCUT2D eigenvalue weighted by molar-refractivity contribution is 5.95. The molecule has 0 fully saturated rings. The lowest BCUT2D eigenvalue weighted by Gasteiger charge is -2.09. The first-order chi connectivity index (χ1) is 5.13. The fraction of sp³-hybridized carbons (Fsp3) is 0.667. The van der Waals surface area contributed by atoms with Crippen LogP contribution in [0.3, 0.4) is 0 Å². The molecule has 0 aliphatic rings. The number of hydrogen-bond donors (Lipinski definition) is 1. The Kier molecular flexibility index (Phi) is 4.79. The molecule has 0 spiro atoms. The minimum Gasteiger partial charge on any atom is -0.388 e. The number of hydrogen-bond acceptors (Lipinski definition) is 2. The number of ketones is 1. The highest BCUT2D eigenvalue weighted by Crippen LogP contribution is 2.08. The number of rotatable bonds is 5. The van der Waals surface area contributed by atoms with Crippen LogP contribution in [0.5, 0.6) is 0 Å². The van der Waals surface area contributed by atoms with Crippen molar-refractivity contribution in [3.63, 3.8) is 0 Å². The molecule has 0 bridgehead atoms. The Morgan fingerprint density at radius 2 is 2.09 bits per heavy atom. The van der Waals surface area contributed by atoms with Gasteiger partial charge in [-0.1, -0.05) is 26.8 Å². The summed E-state index contributed by atoms with van der Waals surface area (Å²) in [5.74, 6) is -0.0362. The minimum atomic E-state index is -0.632. The maximum absolute atomic E-state index is 11.0. The maximum Gasteiger partial charge on any atom is 0.160 e. The highest BCUT2D eigenvalue weighted by Gasteiger charge is 2.12. The summed E-state index contributed by atoms with van der Waals surface area (Å²) in [6, 6.07) is 0. The molecule has 1 unspecified atom stereocenters. The van der Waals surface area contributed by atoms with Gasteiger partial charge in [0.25, 0.3) is 0 Å². The van der Waals surface area contributed by atoms with E-state index in [2.05, 4.69) is 6.58 Å². The molecule has 1 atom stereocenters. The second kappa shape index (κ2) is 5.08. The third-order valence-electron chi connectivity index (χ3n) is 1.64. The summed E-state index contributed by atoms with van der Waals surface area (Å²) in [4.78, 5) is 11.0. The lowest BCUT2D eigenvalue weighted by Crippen LogP contribution is -2.15. The molecule has 0 saturated heterocycles. The van der Waals surface area contributed by atoms with E-state index in [1.54, 1.807) is 6.92 Å². The summed E-state index contributed by atoms with van der Waals surface area (Å²) in [7, 11) is 0. The second-order valence-corrected chi connectivity index (χ2v) is 2.61. The van der Waals surface area contributed by atoms with E-state index in [1.165, 1.54) is 0 Å². The van der Waals surface area contributed by atoms with Crippen LogP contribution in [0.1, 0.15) is 33.1 Å². The predicted molar refractivity (Wildman–Crippen MR) is 45.4 cm³/mol. The van der Waals surface area contributed by atoms with E-state index in [4.69, 9.17) is 0 Å². The van der Waals surface area contributed by atoms with Crippen molar-refractivity contribution in [2.24, 2.45) is 0 Å². The van der Waals surface area contributed by atoms with Crippen molar-refractivity contribution in [2.45, 2.75) is 39.2 Å². The van der Waals surface area contributed by atoms with E-state index >= 15 is 0 Å². The van der Waals surface area contributed by atoms with Crippen molar-refractivity contribution in [3.05, 3.63) is 12.2 Å². The normalized spacial score (nSPS) is 12.6. The van der Waals surface area contributed by atoms with Crippen LogP contribution in [0.2, 0.25) is 0 Å². The molecule has 0 aliphatic heterocycles. The van der Waals surface area contributed by atoms with Crippen LogP contribution in [-0.2, 0) is 4.79 Å². The van der Waals surface area contributed by atoms with Gasteiger partial charge in [0.05, 0.1) is 6.10 Å². The molecule has 0 amide bonds. The summed E-state index contributed by atoms with van der Waals surface area (Å²) in [5, 5.41) is 9.30. The van der Waals surface area contributed by atoms with Gasteiger partial charge in [-0.25, -0.2) is 0 Å². The van der Waals surface area contributed by atoms with Crippen LogP contribution < -0.4 is 0 Å². The van der Waals surface area contributed by atoms with Crippen molar-refractivity contribution in [3.8, 4) is 0 Å². The van der Waals surface area contributed by atoms with Gasteiger partial charge in [0.2, 0.25) is 0 Å². The summed E-state index contributed by atoms with van der Waals surface area (Å²) >= 11 is 0. The van der Waals surface area contributed by atoms with Crippen LogP contribution >= 0.6 is 0 Å². The third-order valence-corrected chi connectivity index (χ3v) is 1.64. The molecule has 2 heteroatoms. The van der Waals surface area contributed by atoms with Crippen molar-refractivity contribution < 1.29 is 9.90 Å². The van der Waals surface area contributed by atoms with E-state index < -0.39 is 6.10 Å². The standard InChI is InChI=1S/C9H16O2/c1-4-6-9(11)7(3)8(10)5-2/h9,11H,3-6H2,1-2H3. The molecule has 64 valence electrons. The first-order valence-corrected chi connectivity index (χ1v) is 4.03. The number of aliphatic hydroxyl groups excluding tert-OH is 1. The largest absolute Gasteiger partial charge is 0.388 e. The van der Waals surface area contributed by atoms with Crippen molar-refractivity contribution in [1.82, 2.24) is 0 Å². The summed E-state index contributed by atoms with van der Waals surface area (Å²) in [6.07, 6.45) is 1.30. The topological polar surface area (TPSA) is 37.3 Å². The minimum absolute atomic E-state index is 0.0362. The van der Waals surface area contributed by atoms with Gasteiger partial charge in [0.1, 0.15) is 0 Å². The Bertz CT molecular complexity index is 150. The first kappa shape index (κ1) is 10.4. The fourth-order valence-electron chi connectivity index (χ4n) is 0.861. The van der Waals surface area contributed by atoms with Crippen LogP contribution in [0.4, 0.5) is 0 Å². The second-order valence-electron chi connectivity index (χ2n) is 2.61. The van der Waals surface area contributed by atoms with Crippen LogP contribution in [0.25, 0.3) is 0 Å². The molecule has 2 nitrogen and oxygen atoms in total.